The van der Waals surface area contributed by atoms with Crippen molar-refractivity contribution in [1.29, 1.82) is 0 Å². The Hall–Kier alpha value is -1.68. The third-order valence-corrected chi connectivity index (χ3v) is 5.99. The summed E-state index contributed by atoms with van der Waals surface area (Å²) in [6, 6.07) is 6.46. The first-order valence-corrected chi connectivity index (χ1v) is 8.96. The SMILES string of the molecule is Cc1ccc2c(c1)C(=O)C(=O)N2C[NH+]1CCC[C@H]2CCCC[C@@H]21. The van der Waals surface area contributed by atoms with Gasteiger partial charge in [0, 0.05) is 5.92 Å². The zero-order chi connectivity index (χ0) is 16.0. The largest absolute Gasteiger partial charge is 0.315 e. The maximum atomic E-state index is 12.5. The molecule has 2 aliphatic heterocycles. The number of fused-ring (bicyclic) bond motifs is 2. The molecule has 2 fully saturated rings. The highest BCUT2D eigenvalue weighted by Crippen LogP contribution is 2.31. The third kappa shape index (κ3) is 2.49. The van der Waals surface area contributed by atoms with Crippen LogP contribution in [-0.4, -0.2) is 30.9 Å². The van der Waals surface area contributed by atoms with Crippen LogP contribution < -0.4 is 9.80 Å². The van der Waals surface area contributed by atoms with Gasteiger partial charge >= 0.3 is 5.91 Å². The number of likely N-dealkylation sites (tertiary alicyclic amines) is 1. The molecular weight excluding hydrogens is 288 g/mol. The van der Waals surface area contributed by atoms with Crippen molar-refractivity contribution >= 4 is 17.4 Å². The van der Waals surface area contributed by atoms with Crippen molar-refractivity contribution in [1.82, 2.24) is 0 Å². The second-order valence-corrected chi connectivity index (χ2v) is 7.44. The molecule has 1 N–H and O–H groups in total. The summed E-state index contributed by atoms with van der Waals surface area (Å²) < 4.78 is 0. The van der Waals surface area contributed by atoms with Gasteiger partial charge in [-0.15, -0.1) is 0 Å². The van der Waals surface area contributed by atoms with Gasteiger partial charge in [-0.2, -0.15) is 0 Å². The van der Waals surface area contributed by atoms with E-state index in [2.05, 4.69) is 0 Å². The monoisotopic (exact) mass is 313 g/mol. The Bertz CT molecular complexity index is 653. The molecule has 1 saturated heterocycles. The van der Waals surface area contributed by atoms with Crippen LogP contribution in [0.2, 0.25) is 0 Å². The Balaban J connectivity index is 1.59. The molecule has 2 heterocycles. The second-order valence-electron chi connectivity index (χ2n) is 7.44. The van der Waals surface area contributed by atoms with Crippen LogP contribution in [-0.2, 0) is 4.79 Å². The zero-order valence-electron chi connectivity index (χ0n) is 13.8. The van der Waals surface area contributed by atoms with Gasteiger partial charge in [0.2, 0.25) is 0 Å². The Morgan fingerprint density at radius 1 is 1.13 bits per heavy atom. The third-order valence-electron chi connectivity index (χ3n) is 5.99. The summed E-state index contributed by atoms with van der Waals surface area (Å²) in [6.45, 7) is 3.74. The molecule has 0 spiro atoms. The number of carbonyl (C=O) groups excluding carboxylic acids is 2. The molecule has 0 bridgehead atoms. The van der Waals surface area contributed by atoms with Gasteiger partial charge in [0.05, 0.1) is 23.8 Å². The summed E-state index contributed by atoms with van der Waals surface area (Å²) in [5.74, 6) is 0.148. The van der Waals surface area contributed by atoms with E-state index in [1.54, 1.807) is 4.90 Å². The van der Waals surface area contributed by atoms with E-state index in [0.29, 0.717) is 18.3 Å². The normalized spacial score (nSPS) is 30.3. The van der Waals surface area contributed by atoms with E-state index in [-0.39, 0.29) is 11.7 Å². The Morgan fingerprint density at radius 3 is 2.78 bits per heavy atom. The van der Waals surface area contributed by atoms with Gasteiger partial charge in [-0.3, -0.25) is 14.5 Å². The minimum atomic E-state index is -0.337. The number of benzene rings is 1. The summed E-state index contributed by atoms with van der Waals surface area (Å²) in [7, 11) is 0. The van der Waals surface area contributed by atoms with Crippen molar-refractivity contribution in [2.75, 3.05) is 18.1 Å². The number of amides is 1. The van der Waals surface area contributed by atoms with Crippen molar-refractivity contribution in [2.45, 2.75) is 51.5 Å². The molecule has 0 aromatic heterocycles. The van der Waals surface area contributed by atoms with Crippen molar-refractivity contribution in [3.63, 3.8) is 0 Å². The van der Waals surface area contributed by atoms with E-state index in [1.165, 1.54) is 43.4 Å². The topological polar surface area (TPSA) is 41.8 Å². The number of anilines is 1. The van der Waals surface area contributed by atoms with Crippen LogP contribution in [0.15, 0.2) is 18.2 Å². The zero-order valence-corrected chi connectivity index (χ0v) is 13.8. The Morgan fingerprint density at radius 2 is 1.91 bits per heavy atom. The number of nitrogens with one attached hydrogen (secondary N) is 1. The van der Waals surface area contributed by atoms with Crippen LogP contribution in [0.25, 0.3) is 0 Å². The molecule has 1 aromatic rings. The molecule has 1 amide bonds. The molecule has 1 aromatic carbocycles. The maximum Gasteiger partial charge on any atom is 0.303 e. The van der Waals surface area contributed by atoms with Crippen LogP contribution in [0, 0.1) is 12.8 Å². The molecule has 1 saturated carbocycles. The van der Waals surface area contributed by atoms with Crippen molar-refractivity contribution in [3.05, 3.63) is 29.3 Å². The number of nitrogens with zero attached hydrogens (tertiary/aromatic N) is 1. The highest BCUT2D eigenvalue weighted by atomic mass is 16.2. The fourth-order valence-electron chi connectivity index (χ4n) is 4.84. The number of piperidine rings is 1. The molecule has 3 aliphatic rings. The van der Waals surface area contributed by atoms with Crippen molar-refractivity contribution in [3.8, 4) is 0 Å². The van der Waals surface area contributed by atoms with Gasteiger partial charge in [0.1, 0.15) is 0 Å². The molecule has 122 valence electrons. The Labute approximate surface area is 137 Å². The van der Waals surface area contributed by atoms with Crippen LogP contribution in [0.4, 0.5) is 5.69 Å². The second kappa shape index (κ2) is 5.75. The minimum absolute atomic E-state index is 0.333. The van der Waals surface area contributed by atoms with E-state index >= 15 is 0 Å². The first-order chi connectivity index (χ1) is 11.1. The predicted octanol–water partition coefficient (Wildman–Crippen LogP) is 1.72. The lowest BCUT2D eigenvalue weighted by atomic mass is 9.78. The molecule has 1 unspecified atom stereocenters. The summed E-state index contributed by atoms with van der Waals surface area (Å²) in [4.78, 5) is 28.0. The van der Waals surface area contributed by atoms with Crippen molar-refractivity contribution in [2.24, 2.45) is 5.92 Å². The summed E-state index contributed by atoms with van der Waals surface area (Å²) >= 11 is 0. The summed E-state index contributed by atoms with van der Waals surface area (Å²) in [5, 5.41) is 0. The lowest BCUT2D eigenvalue weighted by Crippen LogP contribution is -3.19. The number of Topliss-reactive ketones (excluding diaryl/α,β-unsaturated/α-hetero) is 1. The highest BCUT2D eigenvalue weighted by Gasteiger charge is 2.42. The summed E-state index contributed by atoms with van der Waals surface area (Å²) in [5.41, 5.74) is 2.44. The first-order valence-electron chi connectivity index (χ1n) is 8.96. The number of hydrogen-bond donors (Lipinski definition) is 1. The van der Waals surface area contributed by atoms with E-state index < -0.39 is 0 Å². The van der Waals surface area contributed by atoms with E-state index in [4.69, 9.17) is 0 Å². The first kappa shape index (κ1) is 14.9. The van der Waals surface area contributed by atoms with Gasteiger partial charge < -0.3 is 4.90 Å². The average Bonchev–Trinajstić information content (AvgIpc) is 2.80. The molecular formula is C19H25N2O2+. The Kier molecular flexibility index (Phi) is 3.72. The molecule has 4 nitrogen and oxygen atoms in total. The number of aryl methyl sites for hydroxylation is 1. The van der Waals surface area contributed by atoms with Gasteiger partial charge in [0.15, 0.2) is 6.67 Å². The van der Waals surface area contributed by atoms with Crippen LogP contribution in [0.5, 0.6) is 0 Å². The van der Waals surface area contributed by atoms with Crippen molar-refractivity contribution < 1.29 is 14.5 Å². The smallest absolute Gasteiger partial charge is 0.303 e. The molecule has 1 aliphatic carbocycles. The lowest BCUT2D eigenvalue weighted by molar-refractivity contribution is -0.935. The minimum Gasteiger partial charge on any atom is -0.315 e. The number of rotatable bonds is 2. The average molecular weight is 313 g/mol. The predicted molar refractivity (Wildman–Crippen MR) is 88.7 cm³/mol. The molecule has 4 heteroatoms. The fourth-order valence-corrected chi connectivity index (χ4v) is 4.84. The number of quaternary nitrogens is 1. The number of ketones is 1. The fraction of sp³-hybridized carbons (Fsp3) is 0.579. The molecule has 3 atom stereocenters. The van der Waals surface area contributed by atoms with Gasteiger partial charge in [-0.1, -0.05) is 18.1 Å². The summed E-state index contributed by atoms with van der Waals surface area (Å²) in [6.07, 6.45) is 7.88. The van der Waals surface area contributed by atoms with Gasteiger partial charge in [-0.05, 0) is 51.2 Å². The van der Waals surface area contributed by atoms with E-state index in [0.717, 1.165) is 23.7 Å². The highest BCUT2D eigenvalue weighted by molar-refractivity contribution is 6.52. The number of carbonyl (C=O) groups is 2. The molecule has 23 heavy (non-hydrogen) atoms. The van der Waals surface area contributed by atoms with Gasteiger partial charge in [-0.25, -0.2) is 0 Å². The molecule has 0 radical (unpaired) electrons. The quantitative estimate of drug-likeness (QED) is 0.845. The van der Waals surface area contributed by atoms with Crippen LogP contribution >= 0.6 is 0 Å². The van der Waals surface area contributed by atoms with Crippen LogP contribution in [0.1, 0.15) is 54.4 Å². The van der Waals surface area contributed by atoms with Gasteiger partial charge in [0.25, 0.3) is 5.78 Å². The van der Waals surface area contributed by atoms with E-state index in [9.17, 15) is 9.59 Å². The molecule has 4 rings (SSSR count). The standard InChI is InChI=1S/C19H24N2O2/c1-13-8-9-17-15(11-13)18(22)19(23)21(17)12-20-10-4-6-14-5-2-3-7-16(14)20/h8-9,11,14,16H,2-7,10,12H2,1H3/p+1/t14-,16+/m1/s1. The number of hydrogen-bond acceptors (Lipinski definition) is 2. The maximum absolute atomic E-state index is 12.5. The van der Waals surface area contributed by atoms with E-state index in [1.807, 2.05) is 25.1 Å². The van der Waals surface area contributed by atoms with Crippen LogP contribution in [0.3, 0.4) is 0 Å². The lowest BCUT2D eigenvalue weighted by Gasteiger charge is -2.42.